The van der Waals surface area contributed by atoms with Gasteiger partial charge in [0, 0.05) is 34.6 Å². The fourth-order valence-corrected chi connectivity index (χ4v) is 5.22. The van der Waals surface area contributed by atoms with Crippen molar-refractivity contribution in [2.24, 2.45) is 0 Å². The SMILES string of the molecule is CC(C)(O)c1csc2c(-c3ccc(F)cc3)c(-c3ccncc3)c(-c3ccc(F)cc3)nc12. The van der Waals surface area contributed by atoms with Crippen molar-refractivity contribution in [1.82, 2.24) is 9.97 Å². The van der Waals surface area contributed by atoms with E-state index in [0.717, 1.165) is 32.5 Å². The van der Waals surface area contributed by atoms with Crippen LogP contribution in [0.3, 0.4) is 0 Å². The molecule has 0 aliphatic rings. The third-order valence-electron chi connectivity index (χ3n) is 5.58. The van der Waals surface area contributed by atoms with Gasteiger partial charge in [0.15, 0.2) is 0 Å². The highest BCUT2D eigenvalue weighted by Crippen LogP contribution is 2.47. The van der Waals surface area contributed by atoms with Crippen LogP contribution < -0.4 is 0 Å². The van der Waals surface area contributed by atoms with Gasteiger partial charge in [-0.3, -0.25) is 4.98 Å². The van der Waals surface area contributed by atoms with Gasteiger partial charge in [-0.2, -0.15) is 0 Å². The Morgan fingerprint density at radius 3 is 1.88 bits per heavy atom. The lowest BCUT2D eigenvalue weighted by Crippen LogP contribution is -2.15. The molecule has 0 saturated carbocycles. The fraction of sp³-hybridized carbons (Fsp3) is 0.111. The maximum atomic E-state index is 13.8. The Morgan fingerprint density at radius 2 is 1.30 bits per heavy atom. The fourth-order valence-electron chi connectivity index (χ4n) is 3.98. The molecule has 6 heteroatoms. The summed E-state index contributed by atoms with van der Waals surface area (Å²) in [6.07, 6.45) is 3.41. The highest BCUT2D eigenvalue weighted by Gasteiger charge is 2.27. The molecular weight excluding hydrogens is 438 g/mol. The second-order valence-corrected chi connectivity index (χ2v) is 9.23. The maximum absolute atomic E-state index is 13.8. The minimum Gasteiger partial charge on any atom is -0.386 e. The van der Waals surface area contributed by atoms with E-state index in [-0.39, 0.29) is 11.6 Å². The molecular formula is C27H20F2N2OS. The van der Waals surface area contributed by atoms with Crippen molar-refractivity contribution in [2.45, 2.75) is 19.4 Å². The number of pyridine rings is 2. The molecule has 0 saturated heterocycles. The Kier molecular flexibility index (Phi) is 5.27. The maximum Gasteiger partial charge on any atom is 0.123 e. The van der Waals surface area contributed by atoms with Crippen LogP contribution >= 0.6 is 11.3 Å². The molecule has 0 radical (unpaired) electrons. The highest BCUT2D eigenvalue weighted by atomic mass is 32.1. The Bertz CT molecular complexity index is 1440. The van der Waals surface area contributed by atoms with Crippen molar-refractivity contribution in [3.8, 4) is 33.5 Å². The van der Waals surface area contributed by atoms with Gasteiger partial charge in [0.1, 0.15) is 11.6 Å². The van der Waals surface area contributed by atoms with Gasteiger partial charge in [-0.05, 0) is 78.9 Å². The molecule has 3 nitrogen and oxygen atoms in total. The summed E-state index contributed by atoms with van der Waals surface area (Å²) in [6, 6.07) is 16.3. The minimum absolute atomic E-state index is 0.323. The standard InChI is InChI=1S/C27H20F2N2OS/c1-27(2,32)21-15-33-26-23(16-3-7-19(28)8-4-16)22(17-11-13-30-14-12-17)24(31-25(21)26)18-5-9-20(29)10-6-18/h3-15,32H,1-2H3. The Hall–Kier alpha value is -3.48. The Balaban J connectivity index is 1.97. The zero-order valence-electron chi connectivity index (χ0n) is 18.0. The van der Waals surface area contributed by atoms with Gasteiger partial charge in [-0.1, -0.05) is 12.1 Å². The first-order chi connectivity index (χ1) is 15.8. The summed E-state index contributed by atoms with van der Waals surface area (Å²) >= 11 is 1.49. The number of nitrogens with zero attached hydrogens (tertiary/aromatic N) is 2. The van der Waals surface area contributed by atoms with E-state index in [1.807, 2.05) is 17.5 Å². The van der Waals surface area contributed by atoms with Gasteiger partial charge in [-0.15, -0.1) is 11.3 Å². The summed E-state index contributed by atoms with van der Waals surface area (Å²) in [5, 5.41) is 12.7. The number of benzene rings is 2. The number of thiophene rings is 1. The van der Waals surface area contributed by atoms with Gasteiger partial charge in [0.2, 0.25) is 0 Å². The average Bonchev–Trinajstić information content (AvgIpc) is 3.24. The zero-order valence-corrected chi connectivity index (χ0v) is 18.8. The summed E-state index contributed by atoms with van der Waals surface area (Å²) in [7, 11) is 0. The molecule has 3 aromatic heterocycles. The topological polar surface area (TPSA) is 46.0 Å². The molecule has 33 heavy (non-hydrogen) atoms. The van der Waals surface area contributed by atoms with E-state index in [1.54, 1.807) is 50.5 Å². The van der Waals surface area contributed by atoms with Crippen LogP contribution in [-0.4, -0.2) is 15.1 Å². The second kappa shape index (κ2) is 8.14. The minimum atomic E-state index is -1.11. The first kappa shape index (κ1) is 21.4. The van der Waals surface area contributed by atoms with Gasteiger partial charge in [0.25, 0.3) is 0 Å². The Morgan fingerprint density at radius 1 is 0.758 bits per heavy atom. The molecule has 0 bridgehead atoms. The van der Waals surface area contributed by atoms with Crippen molar-refractivity contribution in [3.63, 3.8) is 0 Å². The number of halogens is 2. The molecule has 0 aliphatic carbocycles. The van der Waals surface area contributed by atoms with Crippen LogP contribution in [0.1, 0.15) is 19.4 Å². The number of fused-ring (bicyclic) bond motifs is 1. The van der Waals surface area contributed by atoms with E-state index in [1.165, 1.54) is 35.6 Å². The molecule has 0 unspecified atom stereocenters. The molecule has 5 rings (SSSR count). The molecule has 2 aromatic carbocycles. The summed E-state index contributed by atoms with van der Waals surface area (Å²) in [4.78, 5) is 9.16. The summed E-state index contributed by atoms with van der Waals surface area (Å²) in [6.45, 7) is 3.45. The largest absolute Gasteiger partial charge is 0.386 e. The Labute approximate surface area is 194 Å². The van der Waals surface area contributed by atoms with Gasteiger partial charge in [0.05, 0.1) is 21.5 Å². The average molecular weight is 459 g/mol. The van der Waals surface area contributed by atoms with E-state index < -0.39 is 5.60 Å². The van der Waals surface area contributed by atoms with Crippen molar-refractivity contribution in [1.29, 1.82) is 0 Å². The number of hydrogen-bond acceptors (Lipinski definition) is 4. The first-order valence-electron chi connectivity index (χ1n) is 10.4. The normalized spacial score (nSPS) is 11.8. The molecule has 3 heterocycles. The highest BCUT2D eigenvalue weighted by molar-refractivity contribution is 7.18. The van der Waals surface area contributed by atoms with Crippen LogP contribution in [0.25, 0.3) is 43.7 Å². The third-order valence-corrected chi connectivity index (χ3v) is 6.57. The zero-order chi connectivity index (χ0) is 23.2. The van der Waals surface area contributed by atoms with Crippen LogP contribution in [0, 0.1) is 11.6 Å². The van der Waals surface area contributed by atoms with Crippen molar-refractivity contribution >= 4 is 21.6 Å². The van der Waals surface area contributed by atoms with Crippen molar-refractivity contribution < 1.29 is 13.9 Å². The predicted octanol–water partition coefficient (Wildman–Crippen LogP) is 7.20. The summed E-state index contributed by atoms with van der Waals surface area (Å²) in [5.41, 5.74) is 5.08. The van der Waals surface area contributed by atoms with E-state index in [2.05, 4.69) is 4.98 Å². The van der Waals surface area contributed by atoms with E-state index >= 15 is 0 Å². The lowest BCUT2D eigenvalue weighted by atomic mass is 9.89. The molecule has 164 valence electrons. The number of hydrogen-bond donors (Lipinski definition) is 1. The molecule has 0 aliphatic heterocycles. The number of rotatable bonds is 4. The van der Waals surface area contributed by atoms with Crippen LogP contribution in [0.5, 0.6) is 0 Å². The number of aliphatic hydroxyl groups is 1. The first-order valence-corrected chi connectivity index (χ1v) is 11.3. The lowest BCUT2D eigenvalue weighted by Gasteiger charge is -2.20. The molecule has 0 spiro atoms. The molecule has 1 N–H and O–H groups in total. The molecule has 5 aromatic rings. The molecule has 0 fully saturated rings. The van der Waals surface area contributed by atoms with Crippen molar-refractivity contribution in [3.05, 3.63) is 95.6 Å². The second-order valence-electron chi connectivity index (χ2n) is 8.35. The van der Waals surface area contributed by atoms with Crippen LogP contribution in [0.15, 0.2) is 78.4 Å². The van der Waals surface area contributed by atoms with E-state index in [9.17, 15) is 13.9 Å². The monoisotopic (exact) mass is 458 g/mol. The molecule has 0 amide bonds. The number of aromatic nitrogens is 2. The van der Waals surface area contributed by atoms with Crippen LogP contribution in [0.2, 0.25) is 0 Å². The molecule has 0 atom stereocenters. The van der Waals surface area contributed by atoms with Crippen LogP contribution in [-0.2, 0) is 5.60 Å². The van der Waals surface area contributed by atoms with Crippen molar-refractivity contribution in [2.75, 3.05) is 0 Å². The quantitative estimate of drug-likeness (QED) is 0.310. The van der Waals surface area contributed by atoms with Crippen LogP contribution in [0.4, 0.5) is 8.78 Å². The van der Waals surface area contributed by atoms with Gasteiger partial charge >= 0.3 is 0 Å². The van der Waals surface area contributed by atoms with E-state index in [4.69, 9.17) is 4.98 Å². The smallest absolute Gasteiger partial charge is 0.123 e. The summed E-state index contributed by atoms with van der Waals surface area (Å²) < 4.78 is 28.4. The summed E-state index contributed by atoms with van der Waals surface area (Å²) in [5.74, 6) is -0.659. The van der Waals surface area contributed by atoms with Gasteiger partial charge in [-0.25, -0.2) is 13.8 Å². The predicted molar refractivity (Wildman–Crippen MR) is 129 cm³/mol. The van der Waals surface area contributed by atoms with E-state index in [0.29, 0.717) is 16.8 Å². The third kappa shape index (κ3) is 3.92. The van der Waals surface area contributed by atoms with Gasteiger partial charge < -0.3 is 5.11 Å². The lowest BCUT2D eigenvalue weighted by molar-refractivity contribution is 0.0804.